The largest absolute Gasteiger partial charge is 0.380 e. The van der Waals surface area contributed by atoms with Crippen LogP contribution in [0.15, 0.2) is 0 Å². The van der Waals surface area contributed by atoms with Gasteiger partial charge in [-0.2, -0.15) is 0 Å². The van der Waals surface area contributed by atoms with Crippen molar-refractivity contribution < 1.29 is 4.74 Å². The second-order valence-corrected chi connectivity index (χ2v) is 3.62. The molecule has 1 N–H and O–H groups in total. The molecule has 3 heteroatoms. The molecule has 0 radical (unpaired) electrons. The highest BCUT2D eigenvalue weighted by atomic mass is 16.5. The highest BCUT2D eigenvalue weighted by Gasteiger charge is 2.17. The van der Waals surface area contributed by atoms with Crippen molar-refractivity contribution in [1.82, 2.24) is 10.2 Å². The van der Waals surface area contributed by atoms with Gasteiger partial charge in [-0.3, -0.25) is 0 Å². The maximum absolute atomic E-state index is 5.44. The van der Waals surface area contributed by atoms with Crippen LogP contribution in [-0.4, -0.2) is 51.3 Å². The predicted molar refractivity (Wildman–Crippen MR) is 57.1 cm³/mol. The summed E-state index contributed by atoms with van der Waals surface area (Å²) < 4.78 is 5.44. The molecule has 0 aromatic carbocycles. The number of rotatable bonds is 7. The van der Waals surface area contributed by atoms with E-state index in [4.69, 9.17) is 4.74 Å². The monoisotopic (exact) mass is 188 g/mol. The molecule has 2 atom stereocenters. The molecule has 0 saturated carbocycles. The first kappa shape index (κ1) is 12.9. The van der Waals surface area contributed by atoms with Crippen molar-refractivity contribution in [3.63, 3.8) is 0 Å². The van der Waals surface area contributed by atoms with Crippen molar-refractivity contribution >= 4 is 0 Å². The Morgan fingerprint density at radius 2 is 2.00 bits per heavy atom. The number of hydrogen-bond donors (Lipinski definition) is 1. The number of likely N-dealkylation sites (N-methyl/N-ethyl adjacent to an activating group) is 1. The fourth-order valence-corrected chi connectivity index (χ4v) is 1.31. The van der Waals surface area contributed by atoms with E-state index in [1.807, 2.05) is 0 Å². The van der Waals surface area contributed by atoms with E-state index in [9.17, 15) is 0 Å². The van der Waals surface area contributed by atoms with Gasteiger partial charge in [-0.05, 0) is 40.5 Å². The Morgan fingerprint density at radius 1 is 1.38 bits per heavy atom. The molecule has 80 valence electrons. The molecule has 0 aliphatic carbocycles. The van der Waals surface area contributed by atoms with Gasteiger partial charge in [0.15, 0.2) is 0 Å². The smallest absolute Gasteiger partial charge is 0.0735 e. The van der Waals surface area contributed by atoms with Crippen molar-refractivity contribution in [1.29, 1.82) is 0 Å². The van der Waals surface area contributed by atoms with E-state index in [2.05, 4.69) is 38.2 Å². The molecular formula is C10H24N2O. The van der Waals surface area contributed by atoms with Crippen LogP contribution in [0.1, 0.15) is 20.3 Å². The lowest BCUT2D eigenvalue weighted by molar-refractivity contribution is 0.0342. The lowest BCUT2D eigenvalue weighted by Crippen LogP contribution is -2.39. The maximum Gasteiger partial charge on any atom is 0.0735 e. The molecule has 0 aromatic rings. The van der Waals surface area contributed by atoms with E-state index < -0.39 is 0 Å². The summed E-state index contributed by atoms with van der Waals surface area (Å²) in [4.78, 5) is 2.19. The van der Waals surface area contributed by atoms with Crippen LogP contribution in [0, 0.1) is 0 Å². The van der Waals surface area contributed by atoms with E-state index in [-0.39, 0.29) is 0 Å². The Labute approximate surface area is 82.4 Å². The quantitative estimate of drug-likeness (QED) is 0.602. The van der Waals surface area contributed by atoms with Gasteiger partial charge in [-0.25, -0.2) is 0 Å². The number of nitrogens with zero attached hydrogens (tertiary/aromatic N) is 1. The van der Waals surface area contributed by atoms with E-state index >= 15 is 0 Å². The summed E-state index contributed by atoms with van der Waals surface area (Å²) in [5, 5.41) is 3.31. The SMILES string of the molecule is CCNCCC(OC)C(C)N(C)C. The molecule has 0 fully saturated rings. The molecule has 3 nitrogen and oxygen atoms in total. The second-order valence-electron chi connectivity index (χ2n) is 3.62. The zero-order valence-corrected chi connectivity index (χ0v) is 9.63. The Morgan fingerprint density at radius 3 is 2.38 bits per heavy atom. The van der Waals surface area contributed by atoms with E-state index in [1.165, 1.54) is 0 Å². The molecule has 0 amide bonds. The van der Waals surface area contributed by atoms with Crippen LogP contribution in [0.5, 0.6) is 0 Å². The zero-order chi connectivity index (χ0) is 10.3. The van der Waals surface area contributed by atoms with Gasteiger partial charge in [-0.15, -0.1) is 0 Å². The Bertz CT molecular complexity index is 117. The zero-order valence-electron chi connectivity index (χ0n) is 9.63. The molecule has 0 bridgehead atoms. The summed E-state index contributed by atoms with van der Waals surface area (Å²) in [6.07, 6.45) is 1.40. The summed E-state index contributed by atoms with van der Waals surface area (Å²) in [7, 11) is 5.96. The van der Waals surface area contributed by atoms with Crippen molar-refractivity contribution in [2.75, 3.05) is 34.3 Å². The maximum atomic E-state index is 5.44. The molecular weight excluding hydrogens is 164 g/mol. The third kappa shape index (κ3) is 5.24. The topological polar surface area (TPSA) is 24.5 Å². The molecule has 0 spiro atoms. The Hall–Kier alpha value is -0.120. The van der Waals surface area contributed by atoms with Crippen molar-refractivity contribution in [3.05, 3.63) is 0 Å². The molecule has 0 rings (SSSR count). The van der Waals surface area contributed by atoms with Crippen LogP contribution in [0.3, 0.4) is 0 Å². The number of hydrogen-bond acceptors (Lipinski definition) is 3. The van der Waals surface area contributed by atoms with Gasteiger partial charge in [0.2, 0.25) is 0 Å². The van der Waals surface area contributed by atoms with Crippen molar-refractivity contribution in [2.45, 2.75) is 32.4 Å². The molecule has 0 saturated heterocycles. The third-order valence-corrected chi connectivity index (χ3v) is 2.51. The predicted octanol–water partition coefficient (Wildman–Crippen LogP) is 0.951. The molecule has 2 unspecified atom stereocenters. The lowest BCUT2D eigenvalue weighted by Gasteiger charge is -2.28. The standard InChI is InChI=1S/C10H24N2O/c1-6-11-8-7-10(13-5)9(2)12(3)4/h9-11H,6-8H2,1-5H3. The second kappa shape index (κ2) is 7.30. The van der Waals surface area contributed by atoms with Gasteiger partial charge in [-0.1, -0.05) is 6.92 Å². The van der Waals surface area contributed by atoms with Crippen LogP contribution < -0.4 is 5.32 Å². The van der Waals surface area contributed by atoms with Gasteiger partial charge in [0, 0.05) is 13.2 Å². The highest BCUT2D eigenvalue weighted by molar-refractivity contribution is 4.72. The average molecular weight is 188 g/mol. The van der Waals surface area contributed by atoms with Crippen LogP contribution in [0.2, 0.25) is 0 Å². The van der Waals surface area contributed by atoms with Crippen LogP contribution in [-0.2, 0) is 4.74 Å². The van der Waals surface area contributed by atoms with Gasteiger partial charge in [0.05, 0.1) is 6.10 Å². The number of methoxy groups -OCH3 is 1. The van der Waals surface area contributed by atoms with Crippen LogP contribution >= 0.6 is 0 Å². The normalized spacial score (nSPS) is 16.2. The summed E-state index contributed by atoms with van der Waals surface area (Å²) in [6.45, 7) is 6.39. The molecule has 0 aromatic heterocycles. The van der Waals surface area contributed by atoms with Crippen LogP contribution in [0.25, 0.3) is 0 Å². The first-order valence-corrected chi connectivity index (χ1v) is 5.03. The van der Waals surface area contributed by atoms with Crippen LogP contribution in [0.4, 0.5) is 0 Å². The van der Waals surface area contributed by atoms with E-state index in [0.717, 1.165) is 19.5 Å². The minimum absolute atomic E-state index is 0.328. The fraction of sp³-hybridized carbons (Fsp3) is 1.00. The van der Waals surface area contributed by atoms with E-state index in [0.29, 0.717) is 12.1 Å². The van der Waals surface area contributed by atoms with Gasteiger partial charge < -0.3 is 15.0 Å². The van der Waals surface area contributed by atoms with Gasteiger partial charge in [0.25, 0.3) is 0 Å². The highest BCUT2D eigenvalue weighted by Crippen LogP contribution is 2.06. The molecule has 13 heavy (non-hydrogen) atoms. The minimum Gasteiger partial charge on any atom is -0.380 e. The first-order chi connectivity index (χ1) is 6.13. The summed E-state index contributed by atoms with van der Waals surface area (Å²) in [6, 6.07) is 0.476. The van der Waals surface area contributed by atoms with Crippen molar-refractivity contribution in [3.8, 4) is 0 Å². The first-order valence-electron chi connectivity index (χ1n) is 5.03. The third-order valence-electron chi connectivity index (χ3n) is 2.51. The Kier molecular flexibility index (Phi) is 7.23. The average Bonchev–Trinajstić information content (AvgIpc) is 2.11. The lowest BCUT2D eigenvalue weighted by atomic mass is 10.1. The molecule has 0 aliphatic heterocycles. The number of ether oxygens (including phenoxy) is 1. The fourth-order valence-electron chi connectivity index (χ4n) is 1.31. The number of nitrogens with one attached hydrogen (secondary N) is 1. The van der Waals surface area contributed by atoms with Gasteiger partial charge in [0.1, 0.15) is 0 Å². The van der Waals surface area contributed by atoms with Crippen molar-refractivity contribution in [2.24, 2.45) is 0 Å². The van der Waals surface area contributed by atoms with E-state index in [1.54, 1.807) is 7.11 Å². The Balaban J connectivity index is 3.73. The minimum atomic E-state index is 0.328. The summed E-state index contributed by atoms with van der Waals surface area (Å²) in [5.41, 5.74) is 0. The summed E-state index contributed by atoms with van der Waals surface area (Å²) in [5.74, 6) is 0. The molecule has 0 aliphatic rings. The summed E-state index contributed by atoms with van der Waals surface area (Å²) >= 11 is 0. The van der Waals surface area contributed by atoms with Gasteiger partial charge >= 0.3 is 0 Å². The molecule has 0 heterocycles.